The summed E-state index contributed by atoms with van der Waals surface area (Å²) in [5.74, 6) is 0.0261. The van der Waals surface area contributed by atoms with Gasteiger partial charge in [-0.2, -0.15) is 0 Å². The molecular weight excluding hydrogens is 489 g/mol. The van der Waals surface area contributed by atoms with E-state index in [1.807, 2.05) is 54.3 Å². The maximum atomic E-state index is 14.0. The summed E-state index contributed by atoms with van der Waals surface area (Å²) in [5.41, 5.74) is 2.72. The van der Waals surface area contributed by atoms with E-state index in [4.69, 9.17) is 4.98 Å². The average Bonchev–Trinajstić information content (AvgIpc) is 2.96. The zero-order chi connectivity index (χ0) is 27.8. The number of unbranched alkanes of at least 4 members (excludes halogenated alkanes) is 3. The molecule has 0 saturated carbocycles. The topological polar surface area (TPSA) is 55.2 Å². The van der Waals surface area contributed by atoms with Crippen LogP contribution in [0.1, 0.15) is 87.1 Å². The fourth-order valence-corrected chi connectivity index (χ4v) is 5.05. The molecule has 0 aliphatic carbocycles. The first kappa shape index (κ1) is 28.2. The molecule has 1 aromatic heterocycles. The SMILES string of the molecule is CCCCCN(C(=O)c1ccc(CCCC)cc1)C(CC)c1nc2ccccc2c(=O)n1-c1ccc(F)cc1. The van der Waals surface area contributed by atoms with Gasteiger partial charge in [-0.05, 0) is 79.8 Å². The number of aromatic nitrogens is 2. The van der Waals surface area contributed by atoms with Gasteiger partial charge >= 0.3 is 0 Å². The molecule has 0 bridgehead atoms. The van der Waals surface area contributed by atoms with Gasteiger partial charge in [0.25, 0.3) is 11.5 Å². The maximum absolute atomic E-state index is 14.0. The first-order valence-corrected chi connectivity index (χ1v) is 14.2. The molecule has 1 unspecified atom stereocenters. The van der Waals surface area contributed by atoms with E-state index in [0.29, 0.717) is 40.9 Å². The fourth-order valence-electron chi connectivity index (χ4n) is 5.05. The molecule has 0 spiro atoms. The molecule has 6 heteroatoms. The standard InChI is InChI=1S/C33H38FN3O2/c1-4-7-11-23-36(32(38)25-17-15-24(16-18-25)12-8-5-2)30(6-3)31-35-29-14-10-9-13-28(29)33(39)37(31)27-21-19-26(34)20-22-27/h9-10,13-22,30H,4-8,11-12,23H2,1-3H3. The van der Waals surface area contributed by atoms with Crippen molar-refractivity contribution in [3.05, 3.63) is 106 Å². The van der Waals surface area contributed by atoms with Gasteiger partial charge in [0.2, 0.25) is 0 Å². The number of rotatable bonds is 12. The number of amides is 1. The summed E-state index contributed by atoms with van der Waals surface area (Å²) in [6.45, 7) is 6.86. The van der Waals surface area contributed by atoms with Crippen molar-refractivity contribution in [3.63, 3.8) is 0 Å². The predicted molar refractivity (Wildman–Crippen MR) is 156 cm³/mol. The predicted octanol–water partition coefficient (Wildman–Crippen LogP) is 7.65. The van der Waals surface area contributed by atoms with E-state index in [-0.39, 0.29) is 17.3 Å². The highest BCUT2D eigenvalue weighted by Crippen LogP contribution is 2.28. The smallest absolute Gasteiger partial charge is 0.266 e. The van der Waals surface area contributed by atoms with Crippen LogP contribution in [-0.2, 0) is 6.42 Å². The van der Waals surface area contributed by atoms with Crippen molar-refractivity contribution in [3.8, 4) is 5.69 Å². The Morgan fingerprint density at radius 3 is 2.26 bits per heavy atom. The summed E-state index contributed by atoms with van der Waals surface area (Å²) in [7, 11) is 0. The zero-order valence-electron chi connectivity index (χ0n) is 23.2. The van der Waals surface area contributed by atoms with Crippen LogP contribution < -0.4 is 5.56 Å². The lowest BCUT2D eigenvalue weighted by atomic mass is 10.0. The Balaban J connectivity index is 1.84. The summed E-state index contributed by atoms with van der Waals surface area (Å²) in [5, 5.41) is 0.479. The number of para-hydroxylation sites is 1. The van der Waals surface area contributed by atoms with Gasteiger partial charge in [0.15, 0.2) is 0 Å². The van der Waals surface area contributed by atoms with E-state index < -0.39 is 6.04 Å². The molecule has 1 atom stereocenters. The highest BCUT2D eigenvalue weighted by atomic mass is 19.1. The van der Waals surface area contributed by atoms with Crippen molar-refractivity contribution in [2.24, 2.45) is 0 Å². The third kappa shape index (κ3) is 6.44. The van der Waals surface area contributed by atoms with Crippen molar-refractivity contribution in [2.45, 2.75) is 71.8 Å². The minimum atomic E-state index is -0.448. The first-order chi connectivity index (χ1) is 19.0. The lowest BCUT2D eigenvalue weighted by molar-refractivity contribution is 0.0655. The molecule has 0 saturated heterocycles. The zero-order valence-corrected chi connectivity index (χ0v) is 23.2. The second-order valence-corrected chi connectivity index (χ2v) is 10.0. The van der Waals surface area contributed by atoms with Gasteiger partial charge in [0.05, 0.1) is 22.6 Å². The van der Waals surface area contributed by atoms with Gasteiger partial charge in [-0.1, -0.05) is 64.3 Å². The first-order valence-electron chi connectivity index (χ1n) is 14.2. The van der Waals surface area contributed by atoms with Crippen LogP contribution in [-0.4, -0.2) is 26.9 Å². The molecule has 1 heterocycles. The van der Waals surface area contributed by atoms with Crippen LogP contribution in [0, 0.1) is 5.82 Å². The van der Waals surface area contributed by atoms with Crippen molar-refractivity contribution in [2.75, 3.05) is 6.54 Å². The molecule has 0 radical (unpaired) electrons. The highest BCUT2D eigenvalue weighted by molar-refractivity contribution is 5.94. The molecule has 4 rings (SSSR count). The number of hydrogen-bond donors (Lipinski definition) is 0. The van der Waals surface area contributed by atoms with Crippen molar-refractivity contribution in [1.29, 1.82) is 0 Å². The number of carbonyl (C=O) groups is 1. The molecule has 4 aromatic rings. The lowest BCUT2D eigenvalue weighted by Crippen LogP contribution is -2.39. The quantitative estimate of drug-likeness (QED) is 0.178. The summed E-state index contributed by atoms with van der Waals surface area (Å²) < 4.78 is 15.4. The van der Waals surface area contributed by atoms with Crippen LogP contribution in [0.25, 0.3) is 16.6 Å². The largest absolute Gasteiger partial charge is 0.328 e. The van der Waals surface area contributed by atoms with Gasteiger partial charge in [-0.15, -0.1) is 0 Å². The summed E-state index contributed by atoms with van der Waals surface area (Å²) in [6, 6.07) is 20.5. The van der Waals surface area contributed by atoms with E-state index in [1.165, 1.54) is 17.7 Å². The van der Waals surface area contributed by atoms with Gasteiger partial charge in [0.1, 0.15) is 11.6 Å². The number of fused-ring (bicyclic) bond motifs is 1. The number of benzene rings is 3. The van der Waals surface area contributed by atoms with Gasteiger partial charge in [0, 0.05) is 12.1 Å². The van der Waals surface area contributed by atoms with E-state index >= 15 is 0 Å². The molecule has 0 fully saturated rings. The highest BCUT2D eigenvalue weighted by Gasteiger charge is 2.29. The Labute approximate surface area is 230 Å². The van der Waals surface area contributed by atoms with Crippen LogP contribution in [0.15, 0.2) is 77.6 Å². The molecule has 5 nitrogen and oxygen atoms in total. The van der Waals surface area contributed by atoms with Crippen LogP contribution in [0.2, 0.25) is 0 Å². The van der Waals surface area contributed by atoms with Crippen molar-refractivity contribution < 1.29 is 9.18 Å². The Kier molecular flexibility index (Phi) is 9.64. The fraction of sp³-hybridized carbons (Fsp3) is 0.364. The Morgan fingerprint density at radius 1 is 0.897 bits per heavy atom. The minimum absolute atomic E-state index is 0.0759. The number of aryl methyl sites for hydroxylation is 1. The van der Waals surface area contributed by atoms with Crippen molar-refractivity contribution >= 4 is 16.8 Å². The van der Waals surface area contributed by atoms with E-state index in [1.54, 1.807) is 22.8 Å². The monoisotopic (exact) mass is 527 g/mol. The molecule has 39 heavy (non-hydrogen) atoms. The third-order valence-electron chi connectivity index (χ3n) is 7.23. The van der Waals surface area contributed by atoms with E-state index in [2.05, 4.69) is 13.8 Å². The third-order valence-corrected chi connectivity index (χ3v) is 7.23. The number of hydrogen-bond acceptors (Lipinski definition) is 3. The average molecular weight is 528 g/mol. The number of halogens is 1. The van der Waals surface area contributed by atoms with Crippen LogP contribution >= 0.6 is 0 Å². The van der Waals surface area contributed by atoms with Crippen LogP contribution in [0.3, 0.4) is 0 Å². The summed E-state index contributed by atoms with van der Waals surface area (Å²) in [6.07, 6.45) is 6.67. The van der Waals surface area contributed by atoms with Crippen LogP contribution in [0.4, 0.5) is 4.39 Å². The molecule has 0 N–H and O–H groups in total. The molecule has 1 amide bonds. The lowest BCUT2D eigenvalue weighted by Gasteiger charge is -2.32. The Bertz CT molecular complexity index is 1450. The number of carbonyl (C=O) groups excluding carboxylic acids is 1. The normalized spacial score (nSPS) is 12.0. The van der Waals surface area contributed by atoms with Gasteiger partial charge in [-0.25, -0.2) is 9.37 Å². The van der Waals surface area contributed by atoms with Crippen molar-refractivity contribution in [1.82, 2.24) is 14.5 Å². The molecule has 0 aliphatic heterocycles. The number of nitrogens with zero attached hydrogens (tertiary/aromatic N) is 3. The summed E-state index contributed by atoms with van der Waals surface area (Å²) >= 11 is 0. The second-order valence-electron chi connectivity index (χ2n) is 10.0. The molecule has 0 aliphatic rings. The van der Waals surface area contributed by atoms with E-state index in [0.717, 1.165) is 38.5 Å². The van der Waals surface area contributed by atoms with Crippen LogP contribution in [0.5, 0.6) is 0 Å². The van der Waals surface area contributed by atoms with Gasteiger partial charge < -0.3 is 4.90 Å². The molecular formula is C33H38FN3O2. The molecule has 204 valence electrons. The van der Waals surface area contributed by atoms with E-state index in [9.17, 15) is 14.0 Å². The minimum Gasteiger partial charge on any atom is -0.328 e. The van der Waals surface area contributed by atoms with Gasteiger partial charge in [-0.3, -0.25) is 14.2 Å². The second kappa shape index (κ2) is 13.3. The summed E-state index contributed by atoms with van der Waals surface area (Å²) in [4.78, 5) is 34.7. The Hall–Kier alpha value is -3.80. The Morgan fingerprint density at radius 2 is 1.59 bits per heavy atom. The molecule has 3 aromatic carbocycles. The maximum Gasteiger partial charge on any atom is 0.266 e.